The van der Waals surface area contributed by atoms with Crippen molar-refractivity contribution in [3.05, 3.63) is 70.2 Å². The third-order valence-electron chi connectivity index (χ3n) is 4.60. The van der Waals surface area contributed by atoms with Gasteiger partial charge in [0.25, 0.3) is 0 Å². The maximum atomic E-state index is 12.9. The lowest BCUT2D eigenvalue weighted by molar-refractivity contribution is 0.0598. The molecule has 0 amide bonds. The number of nitrogens with two attached hydrogens (primary N) is 1. The fourth-order valence-electron chi connectivity index (χ4n) is 2.85. The molecule has 13 heteroatoms. The Morgan fingerprint density at radius 2 is 1.39 bits per heavy atom. The van der Waals surface area contributed by atoms with Crippen LogP contribution >= 0.6 is 22.7 Å². The predicted molar refractivity (Wildman–Crippen MR) is 144 cm³/mol. The molecule has 0 aromatic carbocycles. The minimum absolute atomic E-state index is 0.327. The second-order valence-corrected chi connectivity index (χ2v) is 9.74. The second-order valence-electron chi connectivity index (χ2n) is 7.63. The molecule has 4 aromatic rings. The molecule has 0 saturated carbocycles. The van der Waals surface area contributed by atoms with E-state index >= 15 is 0 Å². The average Bonchev–Trinajstić information content (AvgIpc) is 3.51. The zero-order valence-corrected chi connectivity index (χ0v) is 22.4. The number of rotatable bonds is 6. The molecule has 0 bridgehead atoms. The highest BCUT2D eigenvalue weighted by Crippen LogP contribution is 2.36. The summed E-state index contributed by atoms with van der Waals surface area (Å²) in [6, 6.07) is 9.07. The summed E-state index contributed by atoms with van der Waals surface area (Å²) < 4.78 is 35.0. The topological polar surface area (TPSA) is 120 Å². The number of ether oxygens (including phenoxy) is 2. The van der Waals surface area contributed by atoms with Crippen LogP contribution in [0.2, 0.25) is 0 Å². The number of hydrogen-bond acceptors (Lipinski definition) is 10. The molecule has 0 radical (unpaired) electrons. The quantitative estimate of drug-likeness (QED) is 0.193. The first-order valence-corrected chi connectivity index (χ1v) is 12.4. The van der Waals surface area contributed by atoms with Crippen LogP contribution in [0.5, 0.6) is 0 Å². The maximum absolute atomic E-state index is 12.9. The van der Waals surface area contributed by atoms with Crippen molar-refractivity contribution in [2.45, 2.75) is 0 Å². The fraction of sp³-hybridized carbons (Fsp3) is 0.160. The summed E-state index contributed by atoms with van der Waals surface area (Å²) >= 11 is 2.38. The van der Waals surface area contributed by atoms with Gasteiger partial charge in [-0.15, -0.1) is 22.7 Å². The molecule has 0 aliphatic carbocycles. The maximum Gasteiger partial charge on any atom is 0.350 e. The standard InChI is InChI=1S/C14H14FN3O2S.C11H9FN2O2S/c1-18(2)8-17-11-6-12(21-13(11)14(19)20-3)10-5-4-9(15)7-16-10;1-16-11(15)10-7(13)4-9(17-10)8-3-2-6(12)5-14-8/h4-8H,1-3H3;2-5H,13H2,1H3. The molecule has 0 aliphatic rings. The summed E-state index contributed by atoms with van der Waals surface area (Å²) in [5.74, 6) is -1.76. The van der Waals surface area contributed by atoms with E-state index in [0.29, 0.717) is 37.4 Å². The van der Waals surface area contributed by atoms with Gasteiger partial charge >= 0.3 is 11.9 Å². The Morgan fingerprint density at radius 3 is 1.87 bits per heavy atom. The number of halogens is 2. The second kappa shape index (κ2) is 12.8. The Balaban J connectivity index is 0.000000215. The highest BCUT2D eigenvalue weighted by molar-refractivity contribution is 7.18. The number of thiophene rings is 2. The van der Waals surface area contributed by atoms with Crippen LogP contribution in [0.15, 0.2) is 53.8 Å². The SMILES string of the molecule is COC(=O)c1sc(-c2ccc(F)cn2)cc1N.COC(=O)c1sc(-c2ccc(F)cn2)cc1N=CN(C)C. The number of anilines is 1. The molecule has 9 nitrogen and oxygen atoms in total. The van der Waals surface area contributed by atoms with Crippen LogP contribution < -0.4 is 5.73 Å². The van der Waals surface area contributed by atoms with E-state index in [1.165, 1.54) is 55.1 Å². The van der Waals surface area contributed by atoms with Gasteiger partial charge in [0.05, 0.1) is 65.5 Å². The van der Waals surface area contributed by atoms with Gasteiger partial charge in [0, 0.05) is 14.1 Å². The summed E-state index contributed by atoms with van der Waals surface area (Å²) in [6.45, 7) is 0. The molecular weight excluding hydrogens is 536 g/mol. The Morgan fingerprint density at radius 1 is 0.895 bits per heavy atom. The van der Waals surface area contributed by atoms with Gasteiger partial charge in [-0.3, -0.25) is 9.97 Å². The normalized spacial score (nSPS) is 10.6. The van der Waals surface area contributed by atoms with Gasteiger partial charge in [-0.25, -0.2) is 23.4 Å². The first-order chi connectivity index (χ1) is 18.1. The molecule has 0 unspecified atom stereocenters. The molecule has 0 aliphatic heterocycles. The minimum atomic E-state index is -0.485. The highest BCUT2D eigenvalue weighted by atomic mass is 32.1. The van der Waals surface area contributed by atoms with E-state index in [0.717, 1.165) is 17.3 Å². The number of esters is 2. The Labute approximate surface area is 225 Å². The lowest BCUT2D eigenvalue weighted by Crippen LogP contribution is -2.07. The first kappa shape index (κ1) is 28.3. The number of carbonyl (C=O) groups is 2. The van der Waals surface area contributed by atoms with Gasteiger partial charge in [-0.1, -0.05) is 0 Å². The van der Waals surface area contributed by atoms with Gasteiger partial charge in [-0.05, 0) is 36.4 Å². The van der Waals surface area contributed by atoms with Crippen molar-refractivity contribution in [1.29, 1.82) is 0 Å². The average molecular weight is 560 g/mol. The smallest absolute Gasteiger partial charge is 0.350 e. The molecule has 4 rings (SSSR count). The summed E-state index contributed by atoms with van der Waals surface area (Å²) in [4.78, 5) is 39.2. The summed E-state index contributed by atoms with van der Waals surface area (Å²) in [7, 11) is 6.26. The molecule has 4 aromatic heterocycles. The number of pyridine rings is 2. The van der Waals surface area contributed by atoms with Crippen molar-refractivity contribution >= 4 is 52.3 Å². The molecule has 4 heterocycles. The molecule has 0 atom stereocenters. The van der Waals surface area contributed by atoms with E-state index in [-0.39, 0.29) is 0 Å². The van der Waals surface area contributed by atoms with E-state index in [2.05, 4.69) is 19.7 Å². The van der Waals surface area contributed by atoms with Crippen molar-refractivity contribution in [3.8, 4) is 21.1 Å². The molecule has 0 saturated heterocycles. The number of nitrogens with zero attached hydrogens (tertiary/aromatic N) is 4. The third kappa shape index (κ3) is 7.17. The zero-order valence-electron chi connectivity index (χ0n) is 20.8. The summed E-state index contributed by atoms with van der Waals surface area (Å²) in [6.07, 6.45) is 3.84. The molecule has 0 spiro atoms. The fourth-order valence-corrected chi connectivity index (χ4v) is 4.82. The van der Waals surface area contributed by atoms with Crippen LogP contribution in [0.3, 0.4) is 0 Å². The Kier molecular flexibility index (Phi) is 9.57. The van der Waals surface area contributed by atoms with Crippen molar-refractivity contribution in [3.63, 3.8) is 0 Å². The monoisotopic (exact) mass is 559 g/mol. The lowest BCUT2D eigenvalue weighted by Gasteiger charge is -2.02. The van der Waals surface area contributed by atoms with Crippen molar-refractivity contribution in [2.24, 2.45) is 4.99 Å². The van der Waals surface area contributed by atoms with Crippen LogP contribution in [0.1, 0.15) is 19.3 Å². The molecule has 38 heavy (non-hydrogen) atoms. The van der Waals surface area contributed by atoms with Crippen molar-refractivity contribution in [2.75, 3.05) is 34.0 Å². The zero-order chi connectivity index (χ0) is 27.8. The van der Waals surface area contributed by atoms with E-state index < -0.39 is 23.6 Å². The molecule has 2 N–H and O–H groups in total. The van der Waals surface area contributed by atoms with Gasteiger partial charge in [0.1, 0.15) is 21.4 Å². The van der Waals surface area contributed by atoms with Crippen molar-refractivity contribution in [1.82, 2.24) is 14.9 Å². The molecule has 198 valence electrons. The largest absolute Gasteiger partial charge is 0.465 e. The Bertz CT molecular complexity index is 1440. The molecule has 0 fully saturated rings. The highest BCUT2D eigenvalue weighted by Gasteiger charge is 2.18. The van der Waals surface area contributed by atoms with E-state index in [4.69, 9.17) is 10.5 Å². The number of nitrogen functional groups attached to an aromatic ring is 1. The first-order valence-electron chi connectivity index (χ1n) is 10.8. The van der Waals surface area contributed by atoms with E-state index in [1.54, 1.807) is 29.4 Å². The Hall–Kier alpha value is -4.23. The van der Waals surface area contributed by atoms with Crippen molar-refractivity contribution < 1.29 is 27.8 Å². The van der Waals surface area contributed by atoms with Gasteiger partial charge in [-0.2, -0.15) is 0 Å². The van der Waals surface area contributed by atoms with E-state index in [1.807, 2.05) is 14.1 Å². The lowest BCUT2D eigenvalue weighted by atomic mass is 10.3. The van der Waals surface area contributed by atoms with Gasteiger partial charge in [0.15, 0.2) is 0 Å². The number of aliphatic imine (C=N–C) groups is 1. The van der Waals surface area contributed by atoms with E-state index in [9.17, 15) is 18.4 Å². The van der Waals surface area contributed by atoms with Crippen LogP contribution in [-0.2, 0) is 9.47 Å². The van der Waals surface area contributed by atoms with Gasteiger partial charge < -0.3 is 20.1 Å². The van der Waals surface area contributed by atoms with Crippen LogP contribution in [0, 0.1) is 11.6 Å². The summed E-state index contributed by atoms with van der Waals surface area (Å²) in [5.41, 5.74) is 7.68. The molecular formula is C25H23F2N5O4S2. The summed E-state index contributed by atoms with van der Waals surface area (Å²) in [5, 5.41) is 0. The third-order valence-corrected chi connectivity index (χ3v) is 6.88. The number of carbonyl (C=O) groups excluding carboxylic acids is 2. The van der Waals surface area contributed by atoms with Crippen LogP contribution in [0.4, 0.5) is 20.2 Å². The van der Waals surface area contributed by atoms with Crippen LogP contribution in [-0.4, -0.2) is 61.5 Å². The number of aromatic nitrogens is 2. The van der Waals surface area contributed by atoms with Gasteiger partial charge in [0.2, 0.25) is 0 Å². The van der Waals surface area contributed by atoms with Crippen LogP contribution in [0.25, 0.3) is 21.1 Å². The minimum Gasteiger partial charge on any atom is -0.465 e. The number of methoxy groups -OCH3 is 2. The predicted octanol–water partition coefficient (Wildman–Crippen LogP) is 5.28. The number of hydrogen-bond donors (Lipinski definition) is 1.